The van der Waals surface area contributed by atoms with E-state index in [1.54, 1.807) is 18.4 Å². The Bertz CT molecular complexity index is 1580. The summed E-state index contributed by atoms with van der Waals surface area (Å²) in [5.74, 6) is 1.43. The van der Waals surface area contributed by atoms with E-state index in [0.717, 1.165) is 63.1 Å². The predicted molar refractivity (Wildman–Crippen MR) is 177 cm³/mol. The van der Waals surface area contributed by atoms with E-state index < -0.39 is 0 Å². The first kappa shape index (κ1) is 28.2. The van der Waals surface area contributed by atoms with Gasteiger partial charge in [0.2, 0.25) is 0 Å². The van der Waals surface area contributed by atoms with Gasteiger partial charge >= 0.3 is 0 Å². The van der Waals surface area contributed by atoms with Crippen molar-refractivity contribution in [3.63, 3.8) is 0 Å². The highest BCUT2D eigenvalue weighted by Crippen LogP contribution is 2.41. The smallest absolute Gasteiger partial charge is 0.254 e. The third-order valence-electron chi connectivity index (χ3n) is 8.15. The van der Waals surface area contributed by atoms with Crippen LogP contribution in [0.1, 0.15) is 76.9 Å². The highest BCUT2D eigenvalue weighted by molar-refractivity contribution is 14.1. The van der Waals surface area contributed by atoms with Crippen LogP contribution in [0, 0.1) is 3.57 Å². The van der Waals surface area contributed by atoms with Crippen molar-refractivity contribution in [2.75, 3.05) is 7.11 Å². The Kier molecular flexibility index (Phi) is 8.91. The largest absolute Gasteiger partial charge is 0.493 e. The normalized spacial score (nSPS) is 15.7. The van der Waals surface area contributed by atoms with E-state index in [2.05, 4.69) is 76.4 Å². The van der Waals surface area contributed by atoms with Crippen molar-refractivity contribution in [2.45, 2.75) is 70.4 Å². The molecule has 4 aromatic rings. The van der Waals surface area contributed by atoms with Gasteiger partial charge in [-0.2, -0.15) is 0 Å². The van der Waals surface area contributed by atoms with Crippen LogP contribution >= 0.6 is 33.9 Å². The number of hydrogen-bond acceptors (Lipinski definition) is 5. The summed E-state index contributed by atoms with van der Waals surface area (Å²) in [6.07, 6.45) is 12.0. The maximum absolute atomic E-state index is 13.5. The number of carbonyl (C=O) groups excluding carboxylic acids is 1. The number of carbonyl (C=O) groups is 1. The quantitative estimate of drug-likeness (QED) is 0.150. The molecule has 6 rings (SSSR count). The minimum atomic E-state index is 0.0489. The van der Waals surface area contributed by atoms with Crippen molar-refractivity contribution in [2.24, 2.45) is 4.99 Å². The maximum Gasteiger partial charge on any atom is 0.254 e. The van der Waals surface area contributed by atoms with Crippen molar-refractivity contribution in [3.8, 4) is 11.5 Å². The summed E-state index contributed by atoms with van der Waals surface area (Å²) in [5, 5.41) is 6.54. The molecular formula is C34H35IN2O3S. The van der Waals surface area contributed by atoms with Gasteiger partial charge in [-0.05, 0) is 101 Å². The van der Waals surface area contributed by atoms with Gasteiger partial charge < -0.3 is 14.8 Å². The lowest BCUT2D eigenvalue weighted by Crippen LogP contribution is -2.36. The van der Waals surface area contributed by atoms with Crippen molar-refractivity contribution in [1.29, 1.82) is 0 Å². The van der Waals surface area contributed by atoms with Crippen LogP contribution in [-0.2, 0) is 19.4 Å². The second kappa shape index (κ2) is 12.9. The van der Waals surface area contributed by atoms with Gasteiger partial charge in [-0.15, -0.1) is 11.3 Å². The first-order valence-corrected chi connectivity index (χ1v) is 16.5. The average molecular weight is 679 g/mol. The fraction of sp³-hybridized carbons (Fsp3) is 0.353. The minimum Gasteiger partial charge on any atom is -0.493 e. The van der Waals surface area contributed by atoms with Crippen LogP contribution in [0.2, 0.25) is 0 Å². The van der Waals surface area contributed by atoms with Gasteiger partial charge in [0.15, 0.2) is 11.5 Å². The lowest BCUT2D eigenvalue weighted by molar-refractivity contribution is 0.0927. The summed E-state index contributed by atoms with van der Waals surface area (Å²) in [7, 11) is 1.66. The number of methoxy groups -OCH3 is 1. The lowest BCUT2D eigenvalue weighted by atomic mass is 9.93. The number of hydrogen-bond donors (Lipinski definition) is 1. The number of nitrogens with zero attached hydrogens (tertiary/aromatic N) is 1. The summed E-state index contributed by atoms with van der Waals surface area (Å²) in [4.78, 5) is 19.8. The molecule has 3 aromatic carbocycles. The van der Waals surface area contributed by atoms with E-state index in [1.807, 2.05) is 12.3 Å². The average Bonchev–Trinajstić information content (AvgIpc) is 3.38. The number of fused-ring (bicyclic) bond motifs is 2. The van der Waals surface area contributed by atoms with Crippen molar-refractivity contribution < 1.29 is 14.3 Å². The van der Waals surface area contributed by atoms with Crippen LogP contribution < -0.4 is 14.8 Å². The molecule has 0 unspecified atom stereocenters. The Morgan fingerprint density at radius 3 is 2.71 bits per heavy atom. The molecule has 1 fully saturated rings. The van der Waals surface area contributed by atoms with Gasteiger partial charge in [0.25, 0.3) is 5.91 Å². The van der Waals surface area contributed by atoms with Crippen molar-refractivity contribution >= 4 is 61.8 Å². The van der Waals surface area contributed by atoms with Gasteiger partial charge in [0.05, 0.1) is 16.2 Å². The van der Waals surface area contributed by atoms with Gasteiger partial charge in [0.1, 0.15) is 11.6 Å². The van der Waals surface area contributed by atoms with Crippen LogP contribution in [0.5, 0.6) is 11.5 Å². The number of amides is 1. The molecule has 0 saturated heterocycles. The summed E-state index contributed by atoms with van der Waals surface area (Å²) >= 11 is 3.98. The predicted octanol–water partition coefficient (Wildman–Crippen LogP) is 8.79. The molecular weight excluding hydrogens is 643 g/mol. The Morgan fingerprint density at radius 1 is 1.05 bits per heavy atom. The van der Waals surface area contributed by atoms with Crippen LogP contribution in [0.3, 0.4) is 0 Å². The van der Waals surface area contributed by atoms with Crippen LogP contribution in [0.25, 0.3) is 10.8 Å². The van der Waals surface area contributed by atoms with Crippen molar-refractivity contribution in [1.82, 2.24) is 5.32 Å². The second-order valence-corrected chi connectivity index (χ2v) is 13.2. The lowest BCUT2D eigenvalue weighted by Gasteiger charge is -2.23. The molecule has 1 heterocycles. The van der Waals surface area contributed by atoms with Gasteiger partial charge in [-0.25, -0.2) is 4.99 Å². The van der Waals surface area contributed by atoms with Crippen molar-refractivity contribution in [3.05, 3.63) is 85.3 Å². The number of ether oxygens (including phenoxy) is 2. The Morgan fingerprint density at radius 2 is 1.85 bits per heavy atom. The molecule has 2 aliphatic rings. The first-order valence-electron chi connectivity index (χ1n) is 14.6. The Balaban J connectivity index is 1.24. The zero-order valence-corrected chi connectivity index (χ0v) is 26.4. The van der Waals surface area contributed by atoms with Gasteiger partial charge in [0, 0.05) is 17.1 Å². The summed E-state index contributed by atoms with van der Waals surface area (Å²) in [5.41, 5.74) is 4.05. The Hall–Kier alpha value is -2.91. The Labute approximate surface area is 259 Å². The van der Waals surface area contributed by atoms with Crippen LogP contribution in [0.4, 0.5) is 5.00 Å². The summed E-state index contributed by atoms with van der Waals surface area (Å²) in [6, 6.07) is 18.9. The number of aryl methyl sites for hydroxylation is 1. The van der Waals surface area contributed by atoms with E-state index in [9.17, 15) is 4.79 Å². The molecule has 1 saturated carbocycles. The zero-order chi connectivity index (χ0) is 28.2. The fourth-order valence-corrected chi connectivity index (χ4v) is 8.05. The highest BCUT2D eigenvalue weighted by Gasteiger charge is 2.27. The molecule has 0 spiro atoms. The zero-order valence-electron chi connectivity index (χ0n) is 23.4. The van der Waals surface area contributed by atoms with Crippen LogP contribution in [0.15, 0.2) is 59.6 Å². The fourth-order valence-electron chi connectivity index (χ4n) is 6.04. The van der Waals surface area contributed by atoms with E-state index in [4.69, 9.17) is 14.5 Å². The van der Waals surface area contributed by atoms with Crippen LogP contribution in [-0.4, -0.2) is 25.3 Å². The van der Waals surface area contributed by atoms with E-state index in [-0.39, 0.29) is 11.9 Å². The molecule has 0 atom stereocenters. The van der Waals surface area contributed by atoms with E-state index in [1.165, 1.54) is 46.9 Å². The summed E-state index contributed by atoms with van der Waals surface area (Å²) in [6.45, 7) is 0.446. The van der Waals surface area contributed by atoms with E-state index >= 15 is 0 Å². The second-order valence-electron chi connectivity index (χ2n) is 10.9. The molecule has 5 nitrogen and oxygen atoms in total. The highest BCUT2D eigenvalue weighted by atomic mass is 127. The summed E-state index contributed by atoms with van der Waals surface area (Å²) < 4.78 is 13.0. The van der Waals surface area contributed by atoms with E-state index in [0.29, 0.717) is 12.4 Å². The molecule has 1 N–H and O–H groups in total. The number of benzene rings is 3. The SMILES string of the molecule is COc1cc(C=Nc2sc3c(c2C(=O)NC2CCCCC2)CCCC3)cc(I)c1OCc1cccc2ccccc12. The number of nitrogens with one attached hydrogen (secondary N) is 1. The number of thiophene rings is 1. The van der Waals surface area contributed by atoms with Gasteiger partial charge in [-0.3, -0.25) is 4.79 Å². The monoisotopic (exact) mass is 678 g/mol. The minimum absolute atomic E-state index is 0.0489. The molecule has 1 aromatic heterocycles. The molecule has 1 amide bonds. The molecule has 212 valence electrons. The third-order valence-corrected chi connectivity index (χ3v) is 10.2. The standard InChI is InChI=1S/C34H35IN2O3S/c1-39-29-19-22(18-28(35)32(29)40-21-24-12-9-11-23-10-5-6-15-26(23)24)20-36-34-31(27-16-7-8-17-30(27)41-34)33(38)37-25-13-3-2-4-14-25/h5-6,9-12,15,18-20,25H,2-4,7-8,13-14,16-17,21H2,1H3,(H,37,38). The number of halogens is 1. The molecule has 7 heteroatoms. The molecule has 0 aliphatic heterocycles. The molecule has 0 bridgehead atoms. The maximum atomic E-state index is 13.5. The number of rotatable bonds is 8. The topological polar surface area (TPSA) is 59.9 Å². The molecule has 41 heavy (non-hydrogen) atoms. The van der Waals surface area contributed by atoms with Gasteiger partial charge in [-0.1, -0.05) is 61.7 Å². The molecule has 2 aliphatic carbocycles. The number of aliphatic imine (C=N–C) groups is 1. The third kappa shape index (κ3) is 6.31. The molecule has 0 radical (unpaired) electrons. The first-order chi connectivity index (χ1) is 20.1.